The number of ether oxygens (including phenoxy) is 2. The van der Waals surface area contributed by atoms with Crippen LogP contribution in [0.2, 0.25) is 5.02 Å². The topological polar surface area (TPSA) is 71.3 Å². The third-order valence-electron chi connectivity index (χ3n) is 4.24. The number of amides is 1. The van der Waals surface area contributed by atoms with Gasteiger partial charge in [0.25, 0.3) is 5.91 Å². The van der Waals surface area contributed by atoms with Crippen LogP contribution in [0.5, 0.6) is 11.5 Å². The standard InChI is InChI=1S/C24H18ClIN2O3/c1-30-22-13-16(11-18(14-27)17-7-9-19(25)10-8-17)12-21(26)24(22)31-15-23(29)28-20-5-3-2-4-6-20/h2-13H,15H2,1H3,(H,28,29)/b18-11+. The van der Waals surface area contributed by atoms with Gasteiger partial charge in [0.15, 0.2) is 18.1 Å². The molecular weight excluding hydrogens is 527 g/mol. The van der Waals surface area contributed by atoms with Gasteiger partial charge in [0.2, 0.25) is 0 Å². The van der Waals surface area contributed by atoms with Gasteiger partial charge in [0, 0.05) is 10.7 Å². The normalized spacial score (nSPS) is 10.8. The van der Waals surface area contributed by atoms with Crippen LogP contribution >= 0.6 is 34.2 Å². The zero-order valence-electron chi connectivity index (χ0n) is 16.6. The maximum absolute atomic E-state index is 12.2. The number of halogens is 2. The van der Waals surface area contributed by atoms with E-state index in [1.807, 2.05) is 24.3 Å². The van der Waals surface area contributed by atoms with Crippen LogP contribution in [0.1, 0.15) is 11.1 Å². The molecule has 0 aliphatic rings. The van der Waals surface area contributed by atoms with Crippen molar-refractivity contribution < 1.29 is 14.3 Å². The molecule has 5 nitrogen and oxygen atoms in total. The van der Waals surface area contributed by atoms with Crippen molar-refractivity contribution in [3.63, 3.8) is 0 Å². The summed E-state index contributed by atoms with van der Waals surface area (Å²) in [4.78, 5) is 12.2. The van der Waals surface area contributed by atoms with E-state index < -0.39 is 0 Å². The van der Waals surface area contributed by atoms with Crippen LogP contribution in [0.15, 0.2) is 66.7 Å². The minimum Gasteiger partial charge on any atom is -0.493 e. The molecule has 1 N–H and O–H groups in total. The van der Waals surface area contributed by atoms with Gasteiger partial charge in [-0.25, -0.2) is 0 Å². The van der Waals surface area contributed by atoms with Gasteiger partial charge in [-0.1, -0.05) is 41.9 Å². The van der Waals surface area contributed by atoms with E-state index in [2.05, 4.69) is 34.0 Å². The number of para-hydroxylation sites is 1. The van der Waals surface area contributed by atoms with Gasteiger partial charge in [-0.05, 0) is 76.2 Å². The number of hydrogen-bond donors (Lipinski definition) is 1. The fourth-order valence-corrected chi connectivity index (χ4v) is 3.70. The Morgan fingerprint density at radius 1 is 1.16 bits per heavy atom. The lowest BCUT2D eigenvalue weighted by molar-refractivity contribution is -0.118. The monoisotopic (exact) mass is 544 g/mol. The Bertz CT molecular complexity index is 1140. The first-order valence-electron chi connectivity index (χ1n) is 9.23. The van der Waals surface area contributed by atoms with E-state index in [9.17, 15) is 10.1 Å². The summed E-state index contributed by atoms with van der Waals surface area (Å²) in [6, 6.07) is 22.1. The fraction of sp³-hybridized carbons (Fsp3) is 0.0833. The number of nitrogens with zero attached hydrogens (tertiary/aromatic N) is 1. The van der Waals surface area contributed by atoms with Crippen molar-refractivity contribution in [1.29, 1.82) is 5.26 Å². The highest BCUT2D eigenvalue weighted by atomic mass is 127. The minimum atomic E-state index is -0.275. The first kappa shape index (κ1) is 22.7. The number of allylic oxidation sites excluding steroid dienone is 1. The van der Waals surface area contributed by atoms with E-state index in [4.69, 9.17) is 21.1 Å². The summed E-state index contributed by atoms with van der Waals surface area (Å²) in [5, 5.41) is 13.0. The third-order valence-corrected chi connectivity index (χ3v) is 5.30. The zero-order valence-corrected chi connectivity index (χ0v) is 19.5. The van der Waals surface area contributed by atoms with E-state index in [1.165, 1.54) is 7.11 Å². The van der Waals surface area contributed by atoms with Gasteiger partial charge in [-0.2, -0.15) is 5.26 Å². The molecule has 0 aliphatic heterocycles. The quantitative estimate of drug-likeness (QED) is 0.224. The molecule has 0 aliphatic carbocycles. The lowest BCUT2D eigenvalue weighted by Gasteiger charge is -2.14. The Balaban J connectivity index is 1.78. The number of benzene rings is 3. The van der Waals surface area contributed by atoms with Crippen molar-refractivity contribution >= 4 is 57.4 Å². The first-order valence-corrected chi connectivity index (χ1v) is 10.7. The lowest BCUT2D eigenvalue weighted by Crippen LogP contribution is -2.20. The van der Waals surface area contributed by atoms with E-state index in [0.717, 1.165) is 14.7 Å². The van der Waals surface area contributed by atoms with E-state index >= 15 is 0 Å². The van der Waals surface area contributed by atoms with Gasteiger partial charge in [-0.15, -0.1) is 0 Å². The first-order chi connectivity index (χ1) is 15.0. The van der Waals surface area contributed by atoms with Crippen molar-refractivity contribution in [3.8, 4) is 17.6 Å². The highest BCUT2D eigenvalue weighted by Crippen LogP contribution is 2.35. The molecule has 1 amide bonds. The van der Waals surface area contributed by atoms with E-state index in [1.54, 1.807) is 48.5 Å². The van der Waals surface area contributed by atoms with Gasteiger partial charge < -0.3 is 14.8 Å². The molecule has 156 valence electrons. The van der Waals surface area contributed by atoms with Crippen molar-refractivity contribution in [2.75, 3.05) is 19.0 Å². The molecule has 0 radical (unpaired) electrons. The molecule has 0 atom stereocenters. The zero-order chi connectivity index (χ0) is 22.2. The van der Waals surface area contributed by atoms with Gasteiger partial charge >= 0.3 is 0 Å². The second-order valence-electron chi connectivity index (χ2n) is 6.41. The Morgan fingerprint density at radius 2 is 1.87 bits per heavy atom. The number of nitriles is 1. The largest absolute Gasteiger partial charge is 0.493 e. The Kier molecular flexibility index (Phi) is 7.93. The Hall–Kier alpha value is -3.02. The van der Waals surface area contributed by atoms with Crippen LogP contribution < -0.4 is 14.8 Å². The molecular formula is C24H18ClIN2O3. The van der Waals surface area contributed by atoms with Crippen LogP contribution in [0.4, 0.5) is 5.69 Å². The lowest BCUT2D eigenvalue weighted by atomic mass is 10.0. The number of methoxy groups -OCH3 is 1. The molecule has 0 fully saturated rings. The van der Waals surface area contributed by atoms with Crippen LogP contribution in [0.25, 0.3) is 11.6 Å². The average molecular weight is 545 g/mol. The third kappa shape index (κ3) is 6.23. The molecule has 0 aromatic heterocycles. The molecule has 0 heterocycles. The number of hydrogen-bond acceptors (Lipinski definition) is 4. The molecule has 0 saturated carbocycles. The highest BCUT2D eigenvalue weighted by molar-refractivity contribution is 14.1. The Labute approximate surface area is 199 Å². The summed E-state index contributed by atoms with van der Waals surface area (Å²) >= 11 is 8.05. The maximum atomic E-state index is 12.2. The van der Waals surface area contributed by atoms with Crippen LogP contribution in [0, 0.1) is 14.9 Å². The number of rotatable bonds is 7. The molecule has 3 aromatic carbocycles. The second-order valence-corrected chi connectivity index (χ2v) is 8.01. The average Bonchev–Trinajstić information content (AvgIpc) is 2.77. The molecule has 3 rings (SSSR count). The number of nitrogens with one attached hydrogen (secondary N) is 1. The molecule has 0 saturated heterocycles. The van der Waals surface area contributed by atoms with Crippen molar-refractivity contribution in [2.45, 2.75) is 0 Å². The van der Waals surface area contributed by atoms with Crippen molar-refractivity contribution in [2.24, 2.45) is 0 Å². The van der Waals surface area contributed by atoms with Gasteiger partial charge in [0.1, 0.15) is 0 Å². The summed E-state index contributed by atoms with van der Waals surface area (Å²) in [5.74, 6) is 0.662. The van der Waals surface area contributed by atoms with Crippen molar-refractivity contribution in [3.05, 3.63) is 86.4 Å². The van der Waals surface area contributed by atoms with Crippen molar-refractivity contribution in [1.82, 2.24) is 0 Å². The Morgan fingerprint density at radius 3 is 2.52 bits per heavy atom. The molecule has 3 aromatic rings. The number of anilines is 1. The molecule has 0 unspecified atom stereocenters. The highest BCUT2D eigenvalue weighted by Gasteiger charge is 2.14. The molecule has 7 heteroatoms. The van der Waals surface area contributed by atoms with E-state index in [-0.39, 0.29) is 12.5 Å². The summed E-state index contributed by atoms with van der Waals surface area (Å²) in [6.45, 7) is -0.162. The van der Waals surface area contributed by atoms with E-state index in [0.29, 0.717) is 27.8 Å². The maximum Gasteiger partial charge on any atom is 0.262 e. The van der Waals surface area contributed by atoms with Gasteiger partial charge in [0.05, 0.1) is 22.3 Å². The molecule has 0 spiro atoms. The summed E-state index contributed by atoms with van der Waals surface area (Å²) in [6.07, 6.45) is 1.76. The summed E-state index contributed by atoms with van der Waals surface area (Å²) < 4.78 is 11.9. The summed E-state index contributed by atoms with van der Waals surface area (Å²) in [5.41, 5.74) is 2.72. The SMILES string of the molecule is COc1cc(/C=C(\C#N)c2ccc(Cl)cc2)cc(I)c1OCC(=O)Nc1ccccc1. The van der Waals surface area contributed by atoms with Crippen LogP contribution in [-0.4, -0.2) is 19.6 Å². The summed E-state index contributed by atoms with van der Waals surface area (Å²) in [7, 11) is 1.53. The predicted molar refractivity (Wildman–Crippen MR) is 131 cm³/mol. The van der Waals surface area contributed by atoms with Crippen LogP contribution in [-0.2, 0) is 4.79 Å². The fourth-order valence-electron chi connectivity index (χ4n) is 2.80. The smallest absolute Gasteiger partial charge is 0.262 e. The second kappa shape index (κ2) is 10.8. The number of carbonyl (C=O) groups excluding carboxylic acids is 1. The minimum absolute atomic E-state index is 0.162. The van der Waals surface area contributed by atoms with Crippen LogP contribution in [0.3, 0.4) is 0 Å². The molecule has 31 heavy (non-hydrogen) atoms. The predicted octanol–water partition coefficient (Wildman–Crippen LogP) is 6.03. The number of carbonyl (C=O) groups is 1. The molecule has 0 bridgehead atoms. The van der Waals surface area contributed by atoms with Gasteiger partial charge in [-0.3, -0.25) is 4.79 Å².